The quantitative estimate of drug-likeness (QED) is 0.806. The summed E-state index contributed by atoms with van der Waals surface area (Å²) in [4.78, 5) is 17.0. The van der Waals surface area contributed by atoms with Crippen molar-refractivity contribution in [3.05, 3.63) is 33.8 Å². The van der Waals surface area contributed by atoms with Gasteiger partial charge in [-0.05, 0) is 37.7 Å². The average Bonchev–Trinajstić information content (AvgIpc) is 2.54. The molecule has 1 fully saturated rings. The van der Waals surface area contributed by atoms with E-state index in [1.54, 1.807) is 18.2 Å². The molecule has 1 aliphatic rings. The Morgan fingerprint density at radius 1 is 1.18 bits per heavy atom. The fourth-order valence-electron chi connectivity index (χ4n) is 2.60. The van der Waals surface area contributed by atoms with Crippen molar-refractivity contribution >= 4 is 29.1 Å². The third kappa shape index (κ3) is 5.13. The Kier molecular flexibility index (Phi) is 6.96. The van der Waals surface area contributed by atoms with Gasteiger partial charge in [0.15, 0.2) is 0 Å². The molecule has 22 heavy (non-hydrogen) atoms. The zero-order valence-corrected chi connectivity index (χ0v) is 14.5. The van der Waals surface area contributed by atoms with Crippen molar-refractivity contribution in [2.45, 2.75) is 13.3 Å². The van der Waals surface area contributed by atoms with Gasteiger partial charge in [0.05, 0.1) is 10.6 Å². The first-order valence-electron chi connectivity index (χ1n) is 7.78. The highest BCUT2D eigenvalue weighted by Gasteiger charge is 2.15. The van der Waals surface area contributed by atoms with Crippen LogP contribution in [0.2, 0.25) is 10.0 Å². The number of amides is 1. The van der Waals surface area contributed by atoms with Crippen molar-refractivity contribution in [2.24, 2.45) is 0 Å². The van der Waals surface area contributed by atoms with E-state index in [-0.39, 0.29) is 5.91 Å². The van der Waals surface area contributed by atoms with E-state index in [4.69, 9.17) is 23.2 Å². The van der Waals surface area contributed by atoms with Gasteiger partial charge in [0.25, 0.3) is 5.91 Å². The highest BCUT2D eigenvalue weighted by molar-refractivity contribution is 6.35. The molecule has 1 N–H and O–H groups in total. The molecule has 0 atom stereocenters. The molecule has 1 heterocycles. The van der Waals surface area contributed by atoms with E-state index in [0.717, 1.165) is 45.7 Å². The van der Waals surface area contributed by atoms with Gasteiger partial charge in [-0.15, -0.1) is 0 Å². The van der Waals surface area contributed by atoms with Crippen LogP contribution in [0.25, 0.3) is 0 Å². The molecule has 0 aromatic heterocycles. The van der Waals surface area contributed by atoms with Crippen molar-refractivity contribution in [2.75, 3.05) is 45.8 Å². The van der Waals surface area contributed by atoms with E-state index in [1.807, 2.05) is 0 Å². The lowest BCUT2D eigenvalue weighted by atomic mass is 10.2. The normalized spacial score (nSPS) is 16.7. The van der Waals surface area contributed by atoms with E-state index < -0.39 is 0 Å². The molecule has 0 spiro atoms. The first-order chi connectivity index (χ1) is 10.6. The van der Waals surface area contributed by atoms with Gasteiger partial charge >= 0.3 is 0 Å². The van der Waals surface area contributed by atoms with E-state index in [1.165, 1.54) is 0 Å². The fraction of sp³-hybridized carbons (Fsp3) is 0.562. The van der Waals surface area contributed by atoms with Crippen LogP contribution >= 0.6 is 23.2 Å². The molecular formula is C16H23Cl2N3O. The number of nitrogens with one attached hydrogen (secondary N) is 1. The minimum atomic E-state index is -0.164. The molecule has 1 saturated heterocycles. The van der Waals surface area contributed by atoms with Gasteiger partial charge in [-0.2, -0.15) is 0 Å². The summed E-state index contributed by atoms with van der Waals surface area (Å²) in [5, 5.41) is 3.85. The molecule has 1 aliphatic heterocycles. The minimum absolute atomic E-state index is 0.164. The third-order valence-corrected chi connectivity index (χ3v) is 4.59. The van der Waals surface area contributed by atoms with Gasteiger partial charge in [-0.1, -0.05) is 30.1 Å². The second kappa shape index (κ2) is 8.73. The molecule has 1 amide bonds. The molecule has 2 rings (SSSR count). The van der Waals surface area contributed by atoms with Crippen LogP contribution in [-0.4, -0.2) is 61.5 Å². The second-order valence-electron chi connectivity index (χ2n) is 5.51. The Morgan fingerprint density at radius 3 is 2.55 bits per heavy atom. The van der Waals surface area contributed by atoms with Crippen molar-refractivity contribution in [3.63, 3.8) is 0 Å². The van der Waals surface area contributed by atoms with E-state index in [9.17, 15) is 4.79 Å². The van der Waals surface area contributed by atoms with Crippen LogP contribution in [0.4, 0.5) is 0 Å². The molecular weight excluding hydrogens is 321 g/mol. The fourth-order valence-corrected chi connectivity index (χ4v) is 2.98. The molecule has 0 radical (unpaired) electrons. The first kappa shape index (κ1) is 17.5. The largest absolute Gasteiger partial charge is 0.352 e. The monoisotopic (exact) mass is 343 g/mol. The number of carbonyl (C=O) groups is 1. The SMILES string of the molecule is CCN1CCN(CCCNC(=O)c2cc(Cl)ccc2Cl)CC1. The van der Waals surface area contributed by atoms with Crippen LogP contribution in [0.5, 0.6) is 0 Å². The minimum Gasteiger partial charge on any atom is -0.352 e. The van der Waals surface area contributed by atoms with Gasteiger partial charge in [0, 0.05) is 37.7 Å². The predicted octanol–water partition coefficient (Wildman–Crippen LogP) is 2.75. The summed E-state index contributed by atoms with van der Waals surface area (Å²) >= 11 is 11.9. The number of nitrogens with zero attached hydrogens (tertiary/aromatic N) is 2. The molecule has 1 aromatic carbocycles. The summed E-state index contributed by atoms with van der Waals surface area (Å²) in [5.74, 6) is -0.164. The number of halogens is 2. The Bertz CT molecular complexity index is 502. The van der Waals surface area contributed by atoms with Crippen LogP contribution in [0.1, 0.15) is 23.7 Å². The number of piperazine rings is 1. The molecule has 6 heteroatoms. The van der Waals surface area contributed by atoms with Gasteiger partial charge in [0.2, 0.25) is 0 Å². The topological polar surface area (TPSA) is 35.6 Å². The summed E-state index contributed by atoms with van der Waals surface area (Å²) in [6, 6.07) is 4.92. The molecule has 4 nitrogen and oxygen atoms in total. The van der Waals surface area contributed by atoms with Crippen molar-refractivity contribution in [1.82, 2.24) is 15.1 Å². The number of hydrogen-bond acceptors (Lipinski definition) is 3. The van der Waals surface area contributed by atoms with Crippen LogP contribution in [0, 0.1) is 0 Å². The lowest BCUT2D eigenvalue weighted by molar-refractivity contribution is 0.0948. The smallest absolute Gasteiger partial charge is 0.252 e. The van der Waals surface area contributed by atoms with Crippen molar-refractivity contribution in [3.8, 4) is 0 Å². The Morgan fingerprint density at radius 2 is 1.86 bits per heavy atom. The van der Waals surface area contributed by atoms with E-state index in [0.29, 0.717) is 22.2 Å². The van der Waals surface area contributed by atoms with Crippen LogP contribution in [0.15, 0.2) is 18.2 Å². The lowest BCUT2D eigenvalue weighted by Gasteiger charge is -2.33. The highest BCUT2D eigenvalue weighted by Crippen LogP contribution is 2.20. The summed E-state index contributed by atoms with van der Waals surface area (Å²) in [6.45, 7) is 9.50. The number of likely N-dealkylation sites (N-methyl/N-ethyl adjacent to an activating group) is 1. The number of hydrogen-bond donors (Lipinski definition) is 1. The van der Waals surface area contributed by atoms with Crippen LogP contribution < -0.4 is 5.32 Å². The van der Waals surface area contributed by atoms with Gasteiger partial charge in [0.1, 0.15) is 0 Å². The van der Waals surface area contributed by atoms with Crippen LogP contribution in [0.3, 0.4) is 0 Å². The standard InChI is InChI=1S/C16H23Cl2N3O/c1-2-20-8-10-21(11-9-20)7-3-6-19-16(22)14-12-13(17)4-5-15(14)18/h4-5,12H,2-3,6-11H2,1H3,(H,19,22). The van der Waals surface area contributed by atoms with Crippen molar-refractivity contribution < 1.29 is 4.79 Å². The molecule has 0 bridgehead atoms. The summed E-state index contributed by atoms with van der Waals surface area (Å²) in [5.41, 5.74) is 0.436. The second-order valence-corrected chi connectivity index (χ2v) is 6.35. The van der Waals surface area contributed by atoms with Gasteiger partial charge < -0.3 is 15.1 Å². The maximum absolute atomic E-state index is 12.1. The summed E-state index contributed by atoms with van der Waals surface area (Å²) < 4.78 is 0. The maximum Gasteiger partial charge on any atom is 0.252 e. The number of rotatable bonds is 6. The zero-order valence-electron chi connectivity index (χ0n) is 12.9. The zero-order chi connectivity index (χ0) is 15.9. The van der Waals surface area contributed by atoms with E-state index >= 15 is 0 Å². The van der Waals surface area contributed by atoms with E-state index in [2.05, 4.69) is 22.0 Å². The Balaban J connectivity index is 1.68. The number of carbonyl (C=O) groups excluding carboxylic acids is 1. The van der Waals surface area contributed by atoms with Gasteiger partial charge in [-0.3, -0.25) is 4.79 Å². The van der Waals surface area contributed by atoms with Gasteiger partial charge in [-0.25, -0.2) is 0 Å². The van der Waals surface area contributed by atoms with Crippen LogP contribution in [-0.2, 0) is 0 Å². The maximum atomic E-state index is 12.1. The Hall–Kier alpha value is -0.810. The third-order valence-electron chi connectivity index (χ3n) is 4.02. The average molecular weight is 344 g/mol. The van der Waals surface area contributed by atoms with Crippen molar-refractivity contribution in [1.29, 1.82) is 0 Å². The predicted molar refractivity (Wildman–Crippen MR) is 92.0 cm³/mol. The highest BCUT2D eigenvalue weighted by atomic mass is 35.5. The lowest BCUT2D eigenvalue weighted by Crippen LogP contribution is -2.46. The molecule has 1 aromatic rings. The first-order valence-corrected chi connectivity index (χ1v) is 8.53. The Labute approximate surface area is 142 Å². The summed E-state index contributed by atoms with van der Waals surface area (Å²) in [7, 11) is 0. The molecule has 0 unspecified atom stereocenters. The summed E-state index contributed by atoms with van der Waals surface area (Å²) in [6.07, 6.45) is 0.941. The molecule has 0 aliphatic carbocycles. The number of benzene rings is 1. The molecule has 122 valence electrons. The molecule has 0 saturated carbocycles.